The Morgan fingerprint density at radius 1 is 0.920 bits per heavy atom. The molecule has 0 aromatic carbocycles. The van der Waals surface area contributed by atoms with Gasteiger partial charge in [0.1, 0.15) is 0 Å². The number of nitrogens with two attached hydrogens (primary N) is 1. The first-order valence-electron chi connectivity index (χ1n) is 10.1. The van der Waals surface area contributed by atoms with Gasteiger partial charge < -0.3 is 20.9 Å². The van der Waals surface area contributed by atoms with Crippen LogP contribution in [-0.4, -0.2) is 59.5 Å². The van der Waals surface area contributed by atoms with Gasteiger partial charge in [-0.2, -0.15) is 0 Å². The second-order valence-electron chi connectivity index (χ2n) is 8.40. The van der Waals surface area contributed by atoms with Crippen molar-refractivity contribution in [1.29, 1.82) is 0 Å². The summed E-state index contributed by atoms with van der Waals surface area (Å²) in [6, 6.07) is 0.376. The number of nitrogens with one attached hydrogen (secondary N) is 1. The van der Waals surface area contributed by atoms with Gasteiger partial charge in [-0.15, -0.1) is 0 Å². The molecule has 6 heteroatoms. The number of nitrogens with zero attached hydrogens (tertiary/aromatic N) is 2. The maximum absolute atomic E-state index is 12.9. The van der Waals surface area contributed by atoms with Crippen LogP contribution in [0.15, 0.2) is 0 Å². The van der Waals surface area contributed by atoms with Crippen LogP contribution in [0.5, 0.6) is 0 Å². The molecule has 3 fully saturated rings. The summed E-state index contributed by atoms with van der Waals surface area (Å²) in [4.78, 5) is 29.1. The number of urea groups is 1. The van der Waals surface area contributed by atoms with Crippen LogP contribution >= 0.6 is 0 Å². The Balaban J connectivity index is 1.47. The van der Waals surface area contributed by atoms with E-state index < -0.39 is 0 Å². The predicted octanol–water partition coefficient (Wildman–Crippen LogP) is 2.08. The first kappa shape index (κ1) is 18.5. The van der Waals surface area contributed by atoms with E-state index >= 15 is 0 Å². The fourth-order valence-corrected chi connectivity index (χ4v) is 4.63. The summed E-state index contributed by atoms with van der Waals surface area (Å²) in [5.74, 6) is 0.126. The first-order valence-corrected chi connectivity index (χ1v) is 10.1. The molecule has 3 amide bonds. The third-order valence-corrected chi connectivity index (χ3v) is 6.36. The Morgan fingerprint density at radius 2 is 1.52 bits per heavy atom. The molecule has 2 unspecified atom stereocenters. The molecule has 0 spiro atoms. The lowest BCUT2D eigenvalue weighted by Gasteiger charge is -2.42. The highest BCUT2D eigenvalue weighted by atomic mass is 16.2. The molecule has 142 valence electrons. The molecule has 2 saturated carbocycles. The zero-order valence-electron chi connectivity index (χ0n) is 15.6. The molecule has 1 aliphatic heterocycles. The van der Waals surface area contributed by atoms with Crippen molar-refractivity contribution >= 4 is 11.9 Å². The Kier molecular flexibility index (Phi) is 5.87. The molecule has 1 saturated heterocycles. The van der Waals surface area contributed by atoms with E-state index in [4.69, 9.17) is 5.73 Å². The van der Waals surface area contributed by atoms with Crippen molar-refractivity contribution in [2.24, 2.45) is 11.7 Å². The van der Waals surface area contributed by atoms with Crippen LogP contribution in [0.3, 0.4) is 0 Å². The van der Waals surface area contributed by atoms with Gasteiger partial charge in [-0.3, -0.25) is 4.79 Å². The van der Waals surface area contributed by atoms with Gasteiger partial charge in [0.05, 0.1) is 5.92 Å². The standard InChI is InChI=1S/C19H34N4O2/c1-19(20)10-6-5-9-16(19)17(24)22-11-13-23(14-12-22)18(25)21-15-7-3-2-4-8-15/h15-16H,2-14,20H2,1H3,(H,21,25). The van der Waals surface area contributed by atoms with Crippen LogP contribution in [-0.2, 0) is 4.79 Å². The van der Waals surface area contributed by atoms with Crippen molar-refractivity contribution in [3.63, 3.8) is 0 Å². The third kappa shape index (κ3) is 4.46. The third-order valence-electron chi connectivity index (χ3n) is 6.36. The molecule has 0 bridgehead atoms. The van der Waals surface area contributed by atoms with Crippen LogP contribution in [0.2, 0.25) is 0 Å². The lowest BCUT2D eigenvalue weighted by molar-refractivity contribution is -0.140. The van der Waals surface area contributed by atoms with Crippen LogP contribution < -0.4 is 11.1 Å². The predicted molar refractivity (Wildman–Crippen MR) is 98.1 cm³/mol. The van der Waals surface area contributed by atoms with Gasteiger partial charge in [0.15, 0.2) is 0 Å². The minimum Gasteiger partial charge on any atom is -0.339 e. The summed E-state index contributed by atoms with van der Waals surface area (Å²) >= 11 is 0. The van der Waals surface area contributed by atoms with Gasteiger partial charge in [0.2, 0.25) is 5.91 Å². The number of carbonyl (C=O) groups is 2. The van der Waals surface area contributed by atoms with Crippen LogP contribution in [0.4, 0.5) is 4.79 Å². The smallest absolute Gasteiger partial charge is 0.317 e. The van der Waals surface area contributed by atoms with Crippen molar-refractivity contribution in [2.75, 3.05) is 26.2 Å². The maximum Gasteiger partial charge on any atom is 0.317 e. The minimum atomic E-state index is -0.384. The molecule has 0 aromatic heterocycles. The number of carbonyl (C=O) groups excluding carboxylic acids is 2. The van der Waals surface area contributed by atoms with Gasteiger partial charge in [0, 0.05) is 37.8 Å². The van der Waals surface area contributed by atoms with Crippen molar-refractivity contribution in [2.45, 2.75) is 76.3 Å². The summed E-state index contributed by atoms with van der Waals surface area (Å²) in [5.41, 5.74) is 6.00. The monoisotopic (exact) mass is 350 g/mol. The summed E-state index contributed by atoms with van der Waals surface area (Å²) < 4.78 is 0. The second-order valence-corrected chi connectivity index (χ2v) is 8.40. The van der Waals surface area contributed by atoms with E-state index in [1.54, 1.807) is 0 Å². The molecular weight excluding hydrogens is 316 g/mol. The Hall–Kier alpha value is -1.30. The summed E-state index contributed by atoms with van der Waals surface area (Å²) in [7, 11) is 0. The van der Waals surface area contributed by atoms with Gasteiger partial charge in [-0.1, -0.05) is 32.1 Å². The molecular formula is C19H34N4O2. The van der Waals surface area contributed by atoms with E-state index in [1.807, 2.05) is 16.7 Å². The van der Waals surface area contributed by atoms with Gasteiger partial charge >= 0.3 is 6.03 Å². The van der Waals surface area contributed by atoms with Crippen molar-refractivity contribution in [3.8, 4) is 0 Å². The highest BCUT2D eigenvalue weighted by molar-refractivity contribution is 5.81. The molecule has 0 radical (unpaired) electrons. The molecule has 25 heavy (non-hydrogen) atoms. The lowest BCUT2D eigenvalue weighted by atomic mass is 9.74. The van der Waals surface area contributed by atoms with Gasteiger partial charge in [-0.05, 0) is 32.6 Å². The van der Waals surface area contributed by atoms with Crippen LogP contribution in [0.25, 0.3) is 0 Å². The van der Waals surface area contributed by atoms with Gasteiger partial charge in [-0.25, -0.2) is 4.79 Å². The molecule has 1 heterocycles. The van der Waals surface area contributed by atoms with E-state index in [0.29, 0.717) is 32.2 Å². The lowest BCUT2D eigenvalue weighted by Crippen LogP contribution is -2.59. The van der Waals surface area contributed by atoms with E-state index in [2.05, 4.69) is 5.32 Å². The van der Waals surface area contributed by atoms with E-state index in [0.717, 1.165) is 38.5 Å². The van der Waals surface area contributed by atoms with Crippen LogP contribution in [0, 0.1) is 5.92 Å². The van der Waals surface area contributed by atoms with E-state index in [-0.39, 0.29) is 23.4 Å². The number of hydrogen-bond acceptors (Lipinski definition) is 3. The zero-order chi connectivity index (χ0) is 17.9. The summed E-state index contributed by atoms with van der Waals surface area (Å²) in [5, 5.41) is 3.17. The Bertz CT molecular complexity index is 480. The average Bonchev–Trinajstić information content (AvgIpc) is 2.62. The topological polar surface area (TPSA) is 78.7 Å². The molecule has 3 aliphatic rings. The molecule has 2 atom stereocenters. The zero-order valence-corrected chi connectivity index (χ0v) is 15.6. The highest BCUT2D eigenvalue weighted by Gasteiger charge is 2.40. The molecule has 6 nitrogen and oxygen atoms in total. The van der Waals surface area contributed by atoms with E-state index in [1.165, 1.54) is 19.3 Å². The quantitative estimate of drug-likeness (QED) is 0.800. The van der Waals surface area contributed by atoms with Crippen LogP contribution in [0.1, 0.15) is 64.7 Å². The summed E-state index contributed by atoms with van der Waals surface area (Å²) in [6.07, 6.45) is 9.94. The highest BCUT2D eigenvalue weighted by Crippen LogP contribution is 2.33. The first-order chi connectivity index (χ1) is 12.0. The maximum atomic E-state index is 12.9. The Morgan fingerprint density at radius 3 is 2.16 bits per heavy atom. The fraction of sp³-hybridized carbons (Fsp3) is 0.895. The van der Waals surface area contributed by atoms with Crippen molar-refractivity contribution in [1.82, 2.24) is 15.1 Å². The number of rotatable bonds is 2. The molecule has 0 aromatic rings. The number of hydrogen-bond donors (Lipinski definition) is 2. The van der Waals surface area contributed by atoms with Crippen molar-refractivity contribution in [3.05, 3.63) is 0 Å². The van der Waals surface area contributed by atoms with Gasteiger partial charge in [0.25, 0.3) is 0 Å². The summed E-state index contributed by atoms with van der Waals surface area (Å²) in [6.45, 7) is 4.52. The average molecular weight is 351 g/mol. The minimum absolute atomic E-state index is 0.0420. The second kappa shape index (κ2) is 7.94. The largest absolute Gasteiger partial charge is 0.339 e. The molecule has 3 rings (SSSR count). The number of piperazine rings is 1. The SMILES string of the molecule is CC1(N)CCCCC1C(=O)N1CCN(C(=O)NC2CCCCC2)CC1. The fourth-order valence-electron chi connectivity index (χ4n) is 4.63. The normalized spacial score (nSPS) is 31.7. The number of amides is 3. The molecule has 3 N–H and O–H groups in total. The Labute approximate surface area is 151 Å². The van der Waals surface area contributed by atoms with E-state index in [9.17, 15) is 9.59 Å². The molecule has 2 aliphatic carbocycles. The van der Waals surface area contributed by atoms with Crippen molar-refractivity contribution < 1.29 is 9.59 Å².